The van der Waals surface area contributed by atoms with Crippen LogP contribution in [0.1, 0.15) is 45.4 Å². The third-order valence-corrected chi connectivity index (χ3v) is 7.02. The first-order valence-corrected chi connectivity index (χ1v) is 10.0. The average Bonchev–Trinajstić information content (AvgIpc) is 2.55. The topological polar surface area (TPSA) is 24.5 Å². The highest BCUT2D eigenvalue weighted by Crippen LogP contribution is 2.39. The third kappa shape index (κ3) is 3.77. The maximum Gasteiger partial charge on any atom is 0.0713 e. The summed E-state index contributed by atoms with van der Waals surface area (Å²) in [6.07, 6.45) is 7.85. The molecule has 3 saturated heterocycles. The molecule has 3 aliphatic rings. The van der Waals surface area contributed by atoms with Gasteiger partial charge in [-0.05, 0) is 76.5 Å². The maximum absolute atomic E-state index is 6.27. The Morgan fingerprint density at radius 2 is 2.10 bits per heavy atom. The van der Waals surface area contributed by atoms with Crippen molar-refractivity contribution in [3.63, 3.8) is 0 Å². The molecule has 3 nitrogen and oxygen atoms in total. The molecule has 3 heterocycles. The molecule has 0 aromatic heterocycles. The minimum atomic E-state index is 0.232. The predicted molar refractivity (Wildman–Crippen MR) is 91.1 cm³/mol. The highest BCUT2D eigenvalue weighted by atomic mass is 32.2. The molecular weight excluding hydrogens is 280 g/mol. The van der Waals surface area contributed by atoms with E-state index < -0.39 is 0 Å². The van der Waals surface area contributed by atoms with E-state index in [2.05, 4.69) is 35.9 Å². The summed E-state index contributed by atoms with van der Waals surface area (Å²) in [5, 5.41) is 3.46. The fourth-order valence-electron chi connectivity index (χ4n) is 4.42. The van der Waals surface area contributed by atoms with Crippen LogP contribution in [0.15, 0.2) is 0 Å². The Bertz CT molecular complexity index is 327. The number of likely N-dealkylation sites (tertiary alicyclic amines) is 1. The van der Waals surface area contributed by atoms with Crippen molar-refractivity contribution in [1.82, 2.24) is 10.2 Å². The van der Waals surface area contributed by atoms with Gasteiger partial charge < -0.3 is 10.1 Å². The van der Waals surface area contributed by atoms with Gasteiger partial charge in [-0.25, -0.2) is 0 Å². The summed E-state index contributed by atoms with van der Waals surface area (Å²) in [6.45, 7) is 5.93. The van der Waals surface area contributed by atoms with E-state index in [0.29, 0.717) is 6.04 Å². The minimum absolute atomic E-state index is 0.232. The Kier molecular flexibility index (Phi) is 5.52. The molecule has 3 atom stereocenters. The van der Waals surface area contributed by atoms with E-state index in [1.807, 2.05) is 0 Å². The average molecular weight is 313 g/mol. The molecule has 0 amide bonds. The lowest BCUT2D eigenvalue weighted by atomic mass is 9.83. The van der Waals surface area contributed by atoms with Crippen LogP contribution in [0.3, 0.4) is 0 Å². The van der Waals surface area contributed by atoms with E-state index in [9.17, 15) is 0 Å². The summed E-state index contributed by atoms with van der Waals surface area (Å²) in [5.41, 5.74) is 0.232. The van der Waals surface area contributed by atoms with Gasteiger partial charge in [-0.2, -0.15) is 11.8 Å². The van der Waals surface area contributed by atoms with Gasteiger partial charge in [0.1, 0.15) is 0 Å². The zero-order chi connectivity index (χ0) is 14.7. The van der Waals surface area contributed by atoms with Gasteiger partial charge in [-0.3, -0.25) is 4.90 Å². The first-order valence-electron chi connectivity index (χ1n) is 8.85. The Morgan fingerprint density at radius 1 is 1.29 bits per heavy atom. The van der Waals surface area contributed by atoms with E-state index in [0.717, 1.165) is 18.6 Å². The molecule has 0 aromatic rings. The van der Waals surface area contributed by atoms with Crippen molar-refractivity contribution in [2.45, 2.75) is 63.1 Å². The second-order valence-electron chi connectivity index (χ2n) is 7.27. The van der Waals surface area contributed by atoms with Crippen molar-refractivity contribution in [2.24, 2.45) is 5.92 Å². The Balaban J connectivity index is 1.60. The number of piperidine rings is 1. The molecule has 1 spiro atoms. The molecule has 0 aromatic carbocycles. The van der Waals surface area contributed by atoms with Crippen molar-refractivity contribution >= 4 is 11.8 Å². The number of nitrogens with one attached hydrogen (secondary N) is 1. The lowest BCUT2D eigenvalue weighted by molar-refractivity contribution is -0.114. The molecule has 21 heavy (non-hydrogen) atoms. The second-order valence-corrected chi connectivity index (χ2v) is 8.49. The van der Waals surface area contributed by atoms with E-state index in [-0.39, 0.29) is 5.60 Å². The lowest BCUT2D eigenvalue weighted by Crippen LogP contribution is -2.54. The molecule has 0 aliphatic carbocycles. The number of nitrogens with zero attached hydrogens (tertiary/aromatic N) is 1. The zero-order valence-corrected chi connectivity index (χ0v) is 14.6. The smallest absolute Gasteiger partial charge is 0.0713 e. The normalized spacial score (nSPS) is 35.7. The fraction of sp³-hybridized carbons (Fsp3) is 1.00. The third-order valence-electron chi connectivity index (χ3n) is 6.04. The minimum Gasteiger partial charge on any atom is -0.375 e. The Hall–Kier alpha value is 0.230. The van der Waals surface area contributed by atoms with E-state index in [1.54, 1.807) is 0 Å². The molecule has 0 radical (unpaired) electrons. The van der Waals surface area contributed by atoms with Gasteiger partial charge in [0.25, 0.3) is 0 Å². The summed E-state index contributed by atoms with van der Waals surface area (Å²) in [7, 11) is 2.10. The molecule has 3 rings (SSSR count). The first-order chi connectivity index (χ1) is 10.2. The highest BCUT2D eigenvalue weighted by molar-refractivity contribution is 7.99. The van der Waals surface area contributed by atoms with Gasteiger partial charge in [0.05, 0.1) is 5.60 Å². The van der Waals surface area contributed by atoms with Crippen LogP contribution >= 0.6 is 11.8 Å². The summed E-state index contributed by atoms with van der Waals surface area (Å²) in [5.74, 6) is 3.42. The molecule has 0 bridgehead atoms. The van der Waals surface area contributed by atoms with Crippen LogP contribution in [0.2, 0.25) is 0 Å². The standard InChI is InChI=1S/C17H32N2OS/c1-14(18-2)15-4-3-8-19(13-15)16-5-9-20-17(12-16)6-10-21-11-7-17/h14-16,18H,3-13H2,1-2H3. The van der Waals surface area contributed by atoms with Crippen molar-refractivity contribution in [3.05, 3.63) is 0 Å². The van der Waals surface area contributed by atoms with Crippen LogP contribution < -0.4 is 5.32 Å². The van der Waals surface area contributed by atoms with Crippen LogP contribution in [0.25, 0.3) is 0 Å². The van der Waals surface area contributed by atoms with Gasteiger partial charge >= 0.3 is 0 Å². The molecule has 1 N–H and O–H groups in total. The summed E-state index contributed by atoms with van der Waals surface area (Å²) >= 11 is 2.10. The number of ether oxygens (including phenoxy) is 1. The van der Waals surface area contributed by atoms with Crippen molar-refractivity contribution < 1.29 is 4.74 Å². The van der Waals surface area contributed by atoms with E-state index >= 15 is 0 Å². The van der Waals surface area contributed by atoms with Crippen LogP contribution in [0.5, 0.6) is 0 Å². The van der Waals surface area contributed by atoms with Gasteiger partial charge in [0, 0.05) is 25.2 Å². The van der Waals surface area contributed by atoms with Crippen molar-refractivity contribution in [3.8, 4) is 0 Å². The van der Waals surface area contributed by atoms with E-state index in [1.165, 1.54) is 63.1 Å². The second kappa shape index (κ2) is 7.20. The summed E-state index contributed by atoms with van der Waals surface area (Å²) in [6, 6.07) is 1.42. The SMILES string of the molecule is CNC(C)C1CCCN(C2CCOC3(CCSCC3)C2)C1. The molecule has 3 fully saturated rings. The fourth-order valence-corrected chi connectivity index (χ4v) is 5.66. The van der Waals surface area contributed by atoms with Gasteiger partial charge in [0.2, 0.25) is 0 Å². The molecule has 122 valence electrons. The van der Waals surface area contributed by atoms with Gasteiger partial charge in [0.15, 0.2) is 0 Å². The van der Waals surface area contributed by atoms with Gasteiger partial charge in [-0.15, -0.1) is 0 Å². The van der Waals surface area contributed by atoms with Crippen LogP contribution in [-0.2, 0) is 4.74 Å². The lowest BCUT2D eigenvalue weighted by Gasteiger charge is -2.48. The van der Waals surface area contributed by atoms with Crippen LogP contribution in [0.4, 0.5) is 0 Å². The van der Waals surface area contributed by atoms with Crippen molar-refractivity contribution in [1.29, 1.82) is 0 Å². The molecule has 3 unspecified atom stereocenters. The van der Waals surface area contributed by atoms with Crippen molar-refractivity contribution in [2.75, 3.05) is 38.2 Å². The first kappa shape index (κ1) is 16.1. The monoisotopic (exact) mass is 312 g/mol. The Labute approximate surface area is 134 Å². The largest absolute Gasteiger partial charge is 0.375 e. The molecular formula is C17H32N2OS. The molecule has 0 saturated carbocycles. The number of hydrogen-bond acceptors (Lipinski definition) is 4. The number of hydrogen-bond donors (Lipinski definition) is 1. The van der Waals surface area contributed by atoms with Gasteiger partial charge in [-0.1, -0.05) is 0 Å². The van der Waals surface area contributed by atoms with E-state index in [4.69, 9.17) is 4.74 Å². The number of rotatable bonds is 3. The highest BCUT2D eigenvalue weighted by Gasteiger charge is 2.41. The van der Waals surface area contributed by atoms with Crippen LogP contribution in [-0.4, -0.2) is 60.8 Å². The molecule has 4 heteroatoms. The Morgan fingerprint density at radius 3 is 2.86 bits per heavy atom. The predicted octanol–water partition coefficient (Wildman–Crippen LogP) is 2.75. The summed E-state index contributed by atoms with van der Waals surface area (Å²) in [4.78, 5) is 2.80. The quantitative estimate of drug-likeness (QED) is 0.866. The van der Waals surface area contributed by atoms with Crippen LogP contribution in [0, 0.1) is 5.92 Å². The summed E-state index contributed by atoms with van der Waals surface area (Å²) < 4.78 is 6.27. The zero-order valence-electron chi connectivity index (χ0n) is 13.8. The maximum atomic E-state index is 6.27. The number of thioether (sulfide) groups is 1. The molecule has 3 aliphatic heterocycles.